The molecule has 25 heavy (non-hydrogen) atoms. The third-order valence-electron chi connectivity index (χ3n) is 4.53. The number of aryl methyl sites for hydroxylation is 3. The maximum absolute atomic E-state index is 12.8. The van der Waals surface area contributed by atoms with Gasteiger partial charge in [-0.2, -0.15) is 0 Å². The van der Waals surface area contributed by atoms with Gasteiger partial charge in [-0.25, -0.2) is 4.98 Å². The van der Waals surface area contributed by atoms with Gasteiger partial charge in [0.25, 0.3) is 5.56 Å². The first-order valence-corrected chi connectivity index (χ1v) is 8.26. The first-order valence-electron chi connectivity index (χ1n) is 8.26. The molecule has 0 saturated carbocycles. The Morgan fingerprint density at radius 1 is 1.16 bits per heavy atom. The molecular formula is C20H19N3O2. The Balaban J connectivity index is 1.66. The molecule has 4 aromatic rings. The zero-order valence-corrected chi connectivity index (χ0v) is 14.2. The van der Waals surface area contributed by atoms with Crippen LogP contribution < -0.4 is 10.3 Å². The highest BCUT2D eigenvalue weighted by molar-refractivity contribution is 6.04. The summed E-state index contributed by atoms with van der Waals surface area (Å²) in [5.74, 6) is 0.831. The fourth-order valence-corrected chi connectivity index (χ4v) is 3.11. The van der Waals surface area contributed by atoms with Crippen LogP contribution in [0.25, 0.3) is 21.9 Å². The molecule has 0 radical (unpaired) electrons. The number of hydrogen-bond acceptors (Lipinski definition) is 3. The van der Waals surface area contributed by atoms with Crippen LogP contribution in [-0.4, -0.2) is 21.6 Å². The summed E-state index contributed by atoms with van der Waals surface area (Å²) in [5.41, 5.74) is 4.53. The number of fused-ring (bicyclic) bond motifs is 3. The zero-order valence-electron chi connectivity index (χ0n) is 14.2. The lowest BCUT2D eigenvalue weighted by Gasteiger charge is -2.06. The summed E-state index contributed by atoms with van der Waals surface area (Å²) >= 11 is 0. The summed E-state index contributed by atoms with van der Waals surface area (Å²) in [6.07, 6.45) is 2.40. The Morgan fingerprint density at radius 2 is 1.96 bits per heavy atom. The summed E-state index contributed by atoms with van der Waals surface area (Å²) in [4.78, 5) is 20.5. The molecule has 0 unspecified atom stereocenters. The van der Waals surface area contributed by atoms with Gasteiger partial charge in [-0.15, -0.1) is 0 Å². The third kappa shape index (κ3) is 2.78. The van der Waals surface area contributed by atoms with Crippen molar-refractivity contribution in [3.05, 3.63) is 70.3 Å². The molecule has 0 amide bonds. The van der Waals surface area contributed by atoms with E-state index in [0.29, 0.717) is 12.1 Å². The highest BCUT2D eigenvalue weighted by Crippen LogP contribution is 2.22. The number of aromatic nitrogens is 3. The first-order chi connectivity index (χ1) is 12.2. The highest BCUT2D eigenvalue weighted by Gasteiger charge is 2.11. The molecule has 0 spiro atoms. The monoisotopic (exact) mass is 333 g/mol. The quantitative estimate of drug-likeness (QED) is 0.622. The second-order valence-corrected chi connectivity index (χ2v) is 6.24. The van der Waals surface area contributed by atoms with Crippen molar-refractivity contribution >= 4 is 21.9 Å². The molecule has 2 aromatic carbocycles. The molecule has 0 aliphatic rings. The maximum atomic E-state index is 12.8. The lowest BCUT2D eigenvalue weighted by atomic mass is 10.1. The van der Waals surface area contributed by atoms with Gasteiger partial charge in [-0.3, -0.25) is 9.36 Å². The van der Waals surface area contributed by atoms with Gasteiger partial charge in [0, 0.05) is 17.4 Å². The number of H-pyrrole nitrogens is 1. The van der Waals surface area contributed by atoms with Crippen LogP contribution in [0.15, 0.2) is 53.6 Å². The number of aromatic amines is 1. The van der Waals surface area contributed by atoms with Crippen LogP contribution in [0.2, 0.25) is 0 Å². The molecule has 5 nitrogen and oxygen atoms in total. The van der Waals surface area contributed by atoms with Crippen LogP contribution in [0.1, 0.15) is 11.1 Å². The van der Waals surface area contributed by atoms with Crippen LogP contribution in [-0.2, 0) is 13.0 Å². The van der Waals surface area contributed by atoms with E-state index >= 15 is 0 Å². The fraction of sp³-hybridized carbons (Fsp3) is 0.200. The summed E-state index contributed by atoms with van der Waals surface area (Å²) < 4.78 is 6.83. The van der Waals surface area contributed by atoms with Crippen molar-refractivity contribution in [1.29, 1.82) is 0 Å². The van der Waals surface area contributed by atoms with Crippen LogP contribution >= 0.6 is 0 Å². The predicted octanol–water partition coefficient (Wildman–Crippen LogP) is 3.44. The van der Waals surface area contributed by atoms with Gasteiger partial charge in [0.15, 0.2) is 0 Å². The predicted molar refractivity (Wildman–Crippen MR) is 99.3 cm³/mol. The van der Waals surface area contributed by atoms with Gasteiger partial charge >= 0.3 is 0 Å². The molecule has 1 N–H and O–H groups in total. The van der Waals surface area contributed by atoms with Crippen LogP contribution in [0, 0.1) is 6.92 Å². The topological polar surface area (TPSA) is 59.9 Å². The molecule has 5 heteroatoms. The van der Waals surface area contributed by atoms with Gasteiger partial charge in [0.2, 0.25) is 0 Å². The third-order valence-corrected chi connectivity index (χ3v) is 4.53. The first kappa shape index (κ1) is 15.4. The van der Waals surface area contributed by atoms with Gasteiger partial charge in [0.05, 0.1) is 13.4 Å². The Labute approximate surface area is 144 Å². The number of nitrogens with zero attached hydrogens (tertiary/aromatic N) is 2. The summed E-state index contributed by atoms with van der Waals surface area (Å²) in [6.45, 7) is 2.62. The Hall–Kier alpha value is -3.08. The number of hydrogen-bond donors (Lipinski definition) is 1. The molecule has 0 aliphatic carbocycles. The fourth-order valence-electron chi connectivity index (χ4n) is 3.11. The average Bonchev–Trinajstić information content (AvgIpc) is 3.00. The van der Waals surface area contributed by atoms with E-state index in [1.807, 2.05) is 49.4 Å². The van der Waals surface area contributed by atoms with E-state index in [4.69, 9.17) is 4.74 Å². The lowest BCUT2D eigenvalue weighted by molar-refractivity contribution is 0.414. The SMILES string of the molecule is COc1ccc(CCn2cnc3c([nH]c4cc(C)ccc43)c2=O)cc1. The van der Waals surface area contributed by atoms with Crippen molar-refractivity contribution in [1.82, 2.24) is 14.5 Å². The van der Waals surface area contributed by atoms with Gasteiger partial charge in [-0.05, 0) is 42.7 Å². The molecule has 0 fully saturated rings. The van der Waals surface area contributed by atoms with Crippen LogP contribution in [0.4, 0.5) is 0 Å². The van der Waals surface area contributed by atoms with Gasteiger partial charge in [-0.1, -0.05) is 24.3 Å². The van der Waals surface area contributed by atoms with Crippen molar-refractivity contribution < 1.29 is 4.74 Å². The largest absolute Gasteiger partial charge is 0.497 e. The van der Waals surface area contributed by atoms with E-state index in [2.05, 4.69) is 9.97 Å². The average molecular weight is 333 g/mol. The number of rotatable bonds is 4. The molecule has 0 bridgehead atoms. The Morgan fingerprint density at radius 3 is 2.72 bits per heavy atom. The molecule has 0 aliphatic heterocycles. The number of nitrogens with one attached hydrogen (secondary N) is 1. The van der Waals surface area contributed by atoms with Gasteiger partial charge in [0.1, 0.15) is 16.8 Å². The zero-order chi connectivity index (χ0) is 17.4. The van der Waals surface area contributed by atoms with Crippen molar-refractivity contribution in [3.8, 4) is 5.75 Å². The highest BCUT2D eigenvalue weighted by atomic mass is 16.5. The van der Waals surface area contributed by atoms with Crippen molar-refractivity contribution in [2.24, 2.45) is 0 Å². The second-order valence-electron chi connectivity index (χ2n) is 6.24. The number of benzene rings is 2. The van der Waals surface area contributed by atoms with Crippen molar-refractivity contribution in [3.63, 3.8) is 0 Å². The van der Waals surface area contributed by atoms with Gasteiger partial charge < -0.3 is 9.72 Å². The number of ether oxygens (including phenoxy) is 1. The molecule has 2 heterocycles. The molecule has 0 atom stereocenters. The molecule has 0 saturated heterocycles. The van der Waals surface area contributed by atoms with E-state index in [-0.39, 0.29) is 5.56 Å². The van der Waals surface area contributed by atoms with E-state index in [9.17, 15) is 4.79 Å². The maximum Gasteiger partial charge on any atom is 0.277 e. The smallest absolute Gasteiger partial charge is 0.277 e. The molecule has 2 aromatic heterocycles. The minimum atomic E-state index is -0.0348. The standard InChI is InChI=1S/C20H19N3O2/c1-13-3-8-16-17(11-13)22-19-18(16)21-12-23(20(19)24)10-9-14-4-6-15(25-2)7-5-14/h3-8,11-12,22H,9-10H2,1-2H3. The van der Waals surface area contributed by atoms with Crippen molar-refractivity contribution in [2.75, 3.05) is 7.11 Å². The van der Waals surface area contributed by atoms with E-state index in [1.165, 1.54) is 0 Å². The lowest BCUT2D eigenvalue weighted by Crippen LogP contribution is -2.21. The normalized spacial score (nSPS) is 11.3. The van der Waals surface area contributed by atoms with E-state index in [1.54, 1.807) is 18.0 Å². The minimum Gasteiger partial charge on any atom is -0.497 e. The number of methoxy groups -OCH3 is 1. The Bertz CT molecular complexity index is 1110. The second kappa shape index (κ2) is 6.09. The molecule has 126 valence electrons. The Kier molecular flexibility index (Phi) is 3.76. The minimum absolute atomic E-state index is 0.0348. The summed E-state index contributed by atoms with van der Waals surface area (Å²) in [6, 6.07) is 14.0. The molecule has 4 rings (SSSR count). The van der Waals surface area contributed by atoms with E-state index < -0.39 is 0 Å². The van der Waals surface area contributed by atoms with E-state index in [0.717, 1.165) is 39.7 Å². The van der Waals surface area contributed by atoms with Crippen LogP contribution in [0.3, 0.4) is 0 Å². The molecular weight excluding hydrogens is 314 g/mol. The summed E-state index contributed by atoms with van der Waals surface area (Å²) in [5, 5.41) is 0.986. The van der Waals surface area contributed by atoms with Crippen molar-refractivity contribution in [2.45, 2.75) is 19.9 Å². The summed E-state index contributed by atoms with van der Waals surface area (Å²) in [7, 11) is 1.65. The van der Waals surface area contributed by atoms with Crippen LogP contribution in [0.5, 0.6) is 5.75 Å².